The van der Waals surface area contributed by atoms with Crippen LogP contribution < -0.4 is 0 Å². The molecule has 0 radical (unpaired) electrons. The van der Waals surface area contributed by atoms with Crippen LogP contribution in [0.5, 0.6) is 0 Å². The lowest BCUT2D eigenvalue weighted by molar-refractivity contribution is 0.619. The van der Waals surface area contributed by atoms with Gasteiger partial charge in [0.05, 0.1) is 6.33 Å². The molecule has 2 nitrogen and oxygen atoms in total. The molecule has 0 amide bonds. The van der Waals surface area contributed by atoms with Gasteiger partial charge in [-0.2, -0.15) is 0 Å². The summed E-state index contributed by atoms with van der Waals surface area (Å²) in [4.78, 5) is 5.71. The zero-order valence-electron chi connectivity index (χ0n) is 10.0. The van der Waals surface area contributed by atoms with E-state index in [1.807, 2.05) is 23.9 Å². The highest BCUT2D eigenvalue weighted by molar-refractivity contribution is 7.10. The fraction of sp³-hybridized carbons (Fsp3) is 0.267. The van der Waals surface area contributed by atoms with Gasteiger partial charge < -0.3 is 4.57 Å². The molecular formula is C15H14N2S. The lowest BCUT2D eigenvalue weighted by Gasteiger charge is -2.24. The molecule has 2 heterocycles. The van der Waals surface area contributed by atoms with Crippen LogP contribution in [-0.4, -0.2) is 9.55 Å². The number of aromatic nitrogens is 2. The predicted molar refractivity (Wildman–Crippen MR) is 73.8 cm³/mol. The molecule has 1 unspecified atom stereocenters. The molecular weight excluding hydrogens is 240 g/mol. The van der Waals surface area contributed by atoms with E-state index >= 15 is 0 Å². The first-order valence-electron chi connectivity index (χ1n) is 6.35. The molecule has 0 saturated carbocycles. The van der Waals surface area contributed by atoms with Crippen molar-refractivity contribution < 1.29 is 0 Å². The van der Waals surface area contributed by atoms with Crippen molar-refractivity contribution in [2.45, 2.75) is 25.3 Å². The molecule has 0 bridgehead atoms. The van der Waals surface area contributed by atoms with Crippen molar-refractivity contribution in [2.24, 2.45) is 0 Å². The monoisotopic (exact) mass is 254 g/mol. The van der Waals surface area contributed by atoms with E-state index in [9.17, 15) is 0 Å². The van der Waals surface area contributed by atoms with E-state index in [2.05, 4.69) is 39.3 Å². The number of rotatable bonds is 2. The first-order chi connectivity index (χ1) is 8.92. The Hall–Kier alpha value is -1.61. The van der Waals surface area contributed by atoms with Crippen LogP contribution in [-0.2, 0) is 13.0 Å². The number of allylic oxidation sites excluding steroid dienone is 4. The average molecular weight is 254 g/mol. The molecule has 90 valence electrons. The van der Waals surface area contributed by atoms with Crippen LogP contribution in [0.1, 0.15) is 22.8 Å². The molecule has 0 aliphatic heterocycles. The van der Waals surface area contributed by atoms with Crippen molar-refractivity contribution in [1.82, 2.24) is 9.55 Å². The topological polar surface area (TPSA) is 17.8 Å². The van der Waals surface area contributed by atoms with Crippen LogP contribution in [0.15, 0.2) is 53.5 Å². The highest BCUT2D eigenvalue weighted by Crippen LogP contribution is 2.42. The van der Waals surface area contributed by atoms with Gasteiger partial charge >= 0.3 is 0 Å². The van der Waals surface area contributed by atoms with Gasteiger partial charge in [-0.3, -0.25) is 0 Å². The van der Waals surface area contributed by atoms with Crippen molar-refractivity contribution in [2.75, 3.05) is 0 Å². The summed E-state index contributed by atoms with van der Waals surface area (Å²) in [6.45, 7) is 1.01. The second-order valence-corrected chi connectivity index (χ2v) is 5.93. The molecule has 2 aliphatic rings. The number of fused-ring (bicyclic) bond motifs is 1. The summed E-state index contributed by atoms with van der Waals surface area (Å²) < 4.78 is 2.19. The number of imidazole rings is 1. The lowest BCUT2D eigenvalue weighted by atomic mass is 9.84. The van der Waals surface area contributed by atoms with Gasteiger partial charge in [0.15, 0.2) is 0 Å². The maximum Gasteiger partial charge on any atom is 0.0946 e. The Bertz CT molecular complexity index is 631. The van der Waals surface area contributed by atoms with Gasteiger partial charge in [0.1, 0.15) is 0 Å². The van der Waals surface area contributed by atoms with E-state index in [1.54, 1.807) is 16.0 Å². The minimum absolute atomic E-state index is 0.517. The Morgan fingerprint density at radius 2 is 2.33 bits per heavy atom. The van der Waals surface area contributed by atoms with Crippen LogP contribution in [0.3, 0.4) is 0 Å². The van der Waals surface area contributed by atoms with Crippen LogP contribution in [0, 0.1) is 0 Å². The number of aryl methyl sites for hydroxylation is 1. The Morgan fingerprint density at radius 1 is 1.33 bits per heavy atom. The maximum atomic E-state index is 4.15. The van der Waals surface area contributed by atoms with E-state index in [0.29, 0.717) is 5.92 Å². The van der Waals surface area contributed by atoms with Gasteiger partial charge in [-0.15, -0.1) is 11.3 Å². The maximum absolute atomic E-state index is 4.15. The molecule has 1 atom stereocenters. The normalized spacial score (nSPS) is 21.2. The second kappa shape index (κ2) is 3.95. The largest absolute Gasteiger partial charge is 0.337 e. The summed E-state index contributed by atoms with van der Waals surface area (Å²) in [6.07, 6.45) is 12.8. The van der Waals surface area contributed by atoms with E-state index in [4.69, 9.17) is 0 Å². The van der Waals surface area contributed by atoms with Crippen LogP contribution >= 0.6 is 11.3 Å². The van der Waals surface area contributed by atoms with E-state index in [1.165, 1.54) is 18.4 Å². The molecule has 0 saturated heterocycles. The molecule has 18 heavy (non-hydrogen) atoms. The number of nitrogens with zero attached hydrogens (tertiary/aromatic N) is 2. The average Bonchev–Trinajstić information content (AvgIpc) is 2.95. The molecule has 3 heteroatoms. The number of hydrogen-bond acceptors (Lipinski definition) is 2. The quantitative estimate of drug-likeness (QED) is 0.801. The molecule has 0 spiro atoms. The Balaban J connectivity index is 1.75. The lowest BCUT2D eigenvalue weighted by Crippen LogP contribution is -2.12. The van der Waals surface area contributed by atoms with Crippen molar-refractivity contribution in [3.63, 3.8) is 0 Å². The van der Waals surface area contributed by atoms with E-state index in [-0.39, 0.29) is 0 Å². The van der Waals surface area contributed by atoms with Gasteiger partial charge in [0.25, 0.3) is 0 Å². The van der Waals surface area contributed by atoms with Crippen molar-refractivity contribution in [1.29, 1.82) is 0 Å². The SMILES string of the molecule is C1=CC2=C1CCc1sccc1C2Cn1ccnc1. The Labute approximate surface area is 110 Å². The third-order valence-corrected chi connectivity index (χ3v) is 4.94. The zero-order valence-corrected chi connectivity index (χ0v) is 10.9. The summed E-state index contributed by atoms with van der Waals surface area (Å²) in [5.41, 5.74) is 4.63. The summed E-state index contributed by atoms with van der Waals surface area (Å²) in [5.74, 6) is 0.517. The molecule has 0 aromatic carbocycles. The highest BCUT2D eigenvalue weighted by atomic mass is 32.1. The smallest absolute Gasteiger partial charge is 0.0946 e. The molecule has 2 aromatic heterocycles. The predicted octanol–water partition coefficient (Wildman–Crippen LogP) is 3.54. The van der Waals surface area contributed by atoms with Crippen LogP contribution in [0.2, 0.25) is 0 Å². The first-order valence-corrected chi connectivity index (χ1v) is 7.23. The van der Waals surface area contributed by atoms with Crippen LogP contribution in [0.4, 0.5) is 0 Å². The van der Waals surface area contributed by atoms with Gasteiger partial charge in [-0.1, -0.05) is 12.2 Å². The van der Waals surface area contributed by atoms with Gasteiger partial charge in [-0.05, 0) is 41.0 Å². The molecule has 0 N–H and O–H groups in total. The minimum Gasteiger partial charge on any atom is -0.337 e. The summed E-state index contributed by atoms with van der Waals surface area (Å²) in [7, 11) is 0. The van der Waals surface area contributed by atoms with Crippen LogP contribution in [0.25, 0.3) is 0 Å². The van der Waals surface area contributed by atoms with Gasteiger partial charge in [-0.25, -0.2) is 4.98 Å². The molecule has 2 aliphatic carbocycles. The Kier molecular flexibility index (Phi) is 2.27. The summed E-state index contributed by atoms with van der Waals surface area (Å²) in [5, 5.41) is 2.24. The first kappa shape index (κ1) is 10.3. The number of thiophene rings is 1. The van der Waals surface area contributed by atoms with Gasteiger partial charge in [0, 0.05) is 29.7 Å². The molecule has 2 aromatic rings. The third-order valence-electron chi connectivity index (χ3n) is 3.94. The molecule has 4 rings (SSSR count). The zero-order chi connectivity index (χ0) is 11.9. The fourth-order valence-electron chi connectivity index (χ4n) is 2.95. The summed E-state index contributed by atoms with van der Waals surface area (Å²) in [6, 6.07) is 2.31. The second-order valence-electron chi connectivity index (χ2n) is 4.93. The number of hydrogen-bond donors (Lipinski definition) is 0. The van der Waals surface area contributed by atoms with Crippen molar-refractivity contribution in [3.8, 4) is 0 Å². The molecule has 0 fully saturated rings. The summed E-state index contributed by atoms with van der Waals surface area (Å²) >= 11 is 1.91. The Morgan fingerprint density at radius 3 is 3.11 bits per heavy atom. The van der Waals surface area contributed by atoms with Crippen molar-refractivity contribution >= 4 is 11.3 Å². The standard InChI is InChI=1S/C15H14N2S/c1-3-12-11(1)2-4-15-13(5-8-18-15)14(12)9-17-7-6-16-10-17/h1,3,5-8,10,14H,2,4,9H2. The minimum atomic E-state index is 0.517. The van der Waals surface area contributed by atoms with Crippen molar-refractivity contribution in [3.05, 3.63) is 63.9 Å². The third kappa shape index (κ3) is 1.51. The highest BCUT2D eigenvalue weighted by Gasteiger charge is 2.27. The fourth-order valence-corrected chi connectivity index (χ4v) is 3.89. The van der Waals surface area contributed by atoms with E-state index < -0.39 is 0 Å². The van der Waals surface area contributed by atoms with Gasteiger partial charge in [0.2, 0.25) is 0 Å². The van der Waals surface area contributed by atoms with E-state index in [0.717, 1.165) is 6.54 Å².